The summed E-state index contributed by atoms with van der Waals surface area (Å²) in [6, 6.07) is 16.5. The molecule has 0 radical (unpaired) electrons. The van der Waals surface area contributed by atoms with Crippen LogP contribution in [0.15, 0.2) is 86.0 Å². The van der Waals surface area contributed by atoms with Gasteiger partial charge in [0.1, 0.15) is 19.3 Å². The van der Waals surface area contributed by atoms with E-state index in [0.717, 1.165) is 11.1 Å². The number of benzene rings is 2. The molecule has 0 saturated heterocycles. The van der Waals surface area contributed by atoms with Crippen molar-refractivity contribution in [3.63, 3.8) is 0 Å². The Bertz CT molecular complexity index is 1160. The smallest absolute Gasteiger partial charge is 0.408 e. The van der Waals surface area contributed by atoms with Crippen molar-refractivity contribution in [2.24, 2.45) is 5.92 Å². The fourth-order valence-corrected chi connectivity index (χ4v) is 4.05. The molecule has 0 fully saturated rings. The third kappa shape index (κ3) is 12.8. The molecule has 0 saturated carbocycles. The minimum atomic E-state index is -1.01. The van der Waals surface area contributed by atoms with Crippen LogP contribution in [-0.2, 0) is 36.9 Å². The molecule has 10 heteroatoms. The van der Waals surface area contributed by atoms with Gasteiger partial charge in [-0.25, -0.2) is 9.59 Å². The molecule has 0 heterocycles. The highest BCUT2D eigenvalue weighted by atomic mass is 16.6. The molecule has 2 rings (SSSR count). The zero-order valence-corrected chi connectivity index (χ0v) is 24.0. The molecule has 0 aliphatic carbocycles. The first kappa shape index (κ1) is 33.8. The Hall–Kier alpha value is -4.44. The van der Waals surface area contributed by atoms with E-state index >= 15 is 0 Å². The summed E-state index contributed by atoms with van der Waals surface area (Å²) in [5.41, 5.74) is 1.77. The van der Waals surface area contributed by atoms with Gasteiger partial charge >= 0.3 is 12.1 Å². The van der Waals surface area contributed by atoms with Crippen LogP contribution >= 0.6 is 0 Å². The first-order valence-corrected chi connectivity index (χ1v) is 13.9. The van der Waals surface area contributed by atoms with Gasteiger partial charge in [0.15, 0.2) is 0 Å². The van der Waals surface area contributed by atoms with Gasteiger partial charge in [-0.2, -0.15) is 0 Å². The maximum Gasteiger partial charge on any atom is 0.408 e. The topological polar surface area (TPSA) is 143 Å². The molecule has 226 valence electrons. The first-order valence-electron chi connectivity index (χ1n) is 13.9. The number of hydrogen-bond donors (Lipinski definition) is 4. The van der Waals surface area contributed by atoms with Crippen molar-refractivity contribution in [3.05, 3.63) is 97.1 Å². The minimum Gasteiger partial charge on any atom is -0.462 e. The normalized spacial score (nSPS) is 13.4. The second kappa shape index (κ2) is 18.8. The average Bonchev–Trinajstić information content (AvgIpc) is 2.99. The molecule has 0 spiro atoms. The van der Waals surface area contributed by atoms with Crippen molar-refractivity contribution in [3.8, 4) is 0 Å². The summed E-state index contributed by atoms with van der Waals surface area (Å²) in [6.07, 6.45) is 2.98. The fourth-order valence-electron chi connectivity index (χ4n) is 4.05. The zero-order valence-electron chi connectivity index (χ0n) is 24.0. The summed E-state index contributed by atoms with van der Waals surface area (Å²) >= 11 is 0. The monoisotopic (exact) mass is 579 g/mol. The van der Waals surface area contributed by atoms with Crippen LogP contribution in [0.1, 0.15) is 37.3 Å². The van der Waals surface area contributed by atoms with Gasteiger partial charge in [0.25, 0.3) is 0 Å². The van der Waals surface area contributed by atoms with E-state index in [1.54, 1.807) is 13.0 Å². The van der Waals surface area contributed by atoms with Crippen LogP contribution < -0.4 is 16.0 Å². The maximum atomic E-state index is 12.9. The average molecular weight is 580 g/mol. The number of alkyl carbamates (subject to hydrolysis) is 1. The largest absolute Gasteiger partial charge is 0.462 e. The van der Waals surface area contributed by atoms with Crippen molar-refractivity contribution >= 4 is 23.9 Å². The van der Waals surface area contributed by atoms with Crippen molar-refractivity contribution in [1.29, 1.82) is 0 Å². The van der Waals surface area contributed by atoms with Crippen LogP contribution in [0, 0.1) is 5.92 Å². The highest BCUT2D eigenvalue weighted by Crippen LogP contribution is 2.12. The lowest BCUT2D eigenvalue weighted by molar-refractivity contribution is -0.147. The van der Waals surface area contributed by atoms with E-state index in [0.29, 0.717) is 6.42 Å². The molecule has 0 aromatic heterocycles. The Kier molecular flexibility index (Phi) is 15.1. The third-order valence-corrected chi connectivity index (χ3v) is 6.22. The molecule has 2 aromatic rings. The Morgan fingerprint density at radius 2 is 1.48 bits per heavy atom. The second-order valence-corrected chi connectivity index (χ2v) is 9.88. The van der Waals surface area contributed by atoms with Crippen molar-refractivity contribution in [2.75, 3.05) is 13.2 Å². The number of rotatable bonds is 18. The number of aliphatic hydroxyl groups excluding tert-OH is 1. The molecule has 0 bridgehead atoms. The maximum absolute atomic E-state index is 12.9. The Labute approximate surface area is 247 Å². The van der Waals surface area contributed by atoms with Crippen LogP contribution in [0.5, 0.6) is 0 Å². The lowest BCUT2D eigenvalue weighted by Crippen LogP contribution is -2.45. The van der Waals surface area contributed by atoms with E-state index in [1.165, 1.54) is 6.08 Å². The highest BCUT2D eigenvalue weighted by Gasteiger charge is 2.26. The molecule has 4 N–H and O–H groups in total. The Balaban J connectivity index is 1.82. The van der Waals surface area contributed by atoms with Gasteiger partial charge in [-0.3, -0.25) is 9.59 Å². The number of carbonyl (C=O) groups excluding carboxylic acids is 4. The van der Waals surface area contributed by atoms with E-state index in [2.05, 4.69) is 29.1 Å². The van der Waals surface area contributed by atoms with Gasteiger partial charge in [0.2, 0.25) is 11.8 Å². The van der Waals surface area contributed by atoms with Gasteiger partial charge < -0.3 is 30.5 Å². The number of nitrogens with one attached hydrogen (secondary N) is 3. The lowest BCUT2D eigenvalue weighted by atomic mass is 9.98. The number of carbonyl (C=O) groups is 4. The summed E-state index contributed by atoms with van der Waals surface area (Å²) in [5.74, 6) is -2.18. The van der Waals surface area contributed by atoms with Gasteiger partial charge in [0, 0.05) is 6.42 Å². The number of ether oxygens (including phenoxy) is 2. The number of hydrogen-bond acceptors (Lipinski definition) is 7. The summed E-state index contributed by atoms with van der Waals surface area (Å²) < 4.78 is 10.5. The van der Waals surface area contributed by atoms with Crippen LogP contribution in [0.4, 0.5) is 4.79 Å². The SMILES string of the molecule is C=CC[C@H](CC(=O)N[C@@H](CO)Cc1ccccc1)C(=O)N[C@@H](C)COC(=O)[C@@H](CC=C)NC(=O)OCc1ccccc1. The number of allylic oxidation sites excluding steroid dienone is 1. The van der Waals surface area contributed by atoms with Crippen molar-refractivity contribution < 1.29 is 33.8 Å². The highest BCUT2D eigenvalue weighted by molar-refractivity contribution is 5.86. The first-order chi connectivity index (χ1) is 20.2. The van der Waals surface area contributed by atoms with Crippen LogP contribution in [-0.4, -0.2) is 60.3 Å². The van der Waals surface area contributed by atoms with E-state index < -0.39 is 42.0 Å². The summed E-state index contributed by atoms with van der Waals surface area (Å²) in [6.45, 7) is 8.59. The number of aliphatic hydroxyl groups is 1. The molecule has 4 atom stereocenters. The van der Waals surface area contributed by atoms with Gasteiger partial charge in [-0.15, -0.1) is 13.2 Å². The molecule has 3 amide bonds. The number of esters is 1. The molecule has 0 unspecified atom stereocenters. The van der Waals surface area contributed by atoms with E-state index in [9.17, 15) is 24.3 Å². The van der Waals surface area contributed by atoms with Gasteiger partial charge in [-0.05, 0) is 37.3 Å². The van der Waals surface area contributed by atoms with E-state index in [1.807, 2.05) is 60.7 Å². The molecule has 42 heavy (non-hydrogen) atoms. The summed E-state index contributed by atoms with van der Waals surface area (Å²) in [4.78, 5) is 50.5. The molecular weight excluding hydrogens is 538 g/mol. The molecule has 2 aromatic carbocycles. The lowest BCUT2D eigenvalue weighted by Gasteiger charge is -2.22. The van der Waals surface area contributed by atoms with Crippen LogP contribution in [0.2, 0.25) is 0 Å². The summed E-state index contributed by atoms with van der Waals surface area (Å²) in [5, 5.41) is 17.7. The molecule has 0 aliphatic heterocycles. The minimum absolute atomic E-state index is 0.0448. The van der Waals surface area contributed by atoms with E-state index in [4.69, 9.17) is 9.47 Å². The second-order valence-electron chi connectivity index (χ2n) is 9.88. The van der Waals surface area contributed by atoms with Crippen molar-refractivity contribution in [1.82, 2.24) is 16.0 Å². The van der Waals surface area contributed by atoms with Crippen LogP contribution in [0.3, 0.4) is 0 Å². The molecule has 0 aliphatic rings. The fraction of sp³-hybridized carbons (Fsp3) is 0.375. The van der Waals surface area contributed by atoms with Crippen LogP contribution in [0.25, 0.3) is 0 Å². The molecular formula is C32H41N3O7. The van der Waals surface area contributed by atoms with Gasteiger partial charge in [0.05, 0.1) is 24.6 Å². The Morgan fingerprint density at radius 1 is 0.857 bits per heavy atom. The van der Waals surface area contributed by atoms with Gasteiger partial charge in [-0.1, -0.05) is 72.8 Å². The summed E-state index contributed by atoms with van der Waals surface area (Å²) in [7, 11) is 0. The Morgan fingerprint density at radius 3 is 2.07 bits per heavy atom. The zero-order chi connectivity index (χ0) is 30.7. The predicted octanol–water partition coefficient (Wildman–Crippen LogP) is 3.21. The van der Waals surface area contributed by atoms with E-state index in [-0.39, 0.29) is 45.0 Å². The number of amides is 3. The standard InChI is InChI=1S/C32H41N3O7/c1-4-12-26(19-29(37)34-27(20-36)18-24-14-8-6-9-15-24)30(38)33-23(3)21-41-31(39)28(13-5-2)35-32(40)42-22-25-16-10-7-11-17-25/h4-11,14-17,23,26-28,36H,1-2,12-13,18-22H2,3H3,(H,33,38)(H,34,37)(H,35,40)/t23-,26+,27+,28+/m0/s1. The third-order valence-electron chi connectivity index (χ3n) is 6.22. The predicted molar refractivity (Wildman–Crippen MR) is 159 cm³/mol. The molecule has 10 nitrogen and oxygen atoms in total. The van der Waals surface area contributed by atoms with Crippen molar-refractivity contribution in [2.45, 2.75) is 57.3 Å². The quantitative estimate of drug-likeness (QED) is 0.157.